The summed E-state index contributed by atoms with van der Waals surface area (Å²) in [4.78, 5) is 1.00. The van der Waals surface area contributed by atoms with E-state index in [0.717, 1.165) is 37.2 Å². The van der Waals surface area contributed by atoms with Gasteiger partial charge in [-0.3, -0.25) is 0 Å². The molecular formula is C12H20N2O3S2. The lowest BCUT2D eigenvalue weighted by molar-refractivity contribution is 0.105. The van der Waals surface area contributed by atoms with Crippen molar-refractivity contribution >= 4 is 21.4 Å². The van der Waals surface area contributed by atoms with Crippen LogP contribution >= 0.6 is 11.3 Å². The van der Waals surface area contributed by atoms with Crippen LogP contribution < -0.4 is 10.5 Å². The van der Waals surface area contributed by atoms with Gasteiger partial charge in [0.05, 0.1) is 6.10 Å². The van der Waals surface area contributed by atoms with Crippen LogP contribution in [0.2, 0.25) is 0 Å². The van der Waals surface area contributed by atoms with Crippen molar-refractivity contribution in [1.29, 1.82) is 0 Å². The predicted octanol–water partition coefficient (Wildman–Crippen LogP) is 1.10. The Morgan fingerprint density at radius 2 is 2.32 bits per heavy atom. The summed E-state index contributed by atoms with van der Waals surface area (Å²) in [5.41, 5.74) is 5.46. The van der Waals surface area contributed by atoms with Gasteiger partial charge in [-0.15, -0.1) is 11.3 Å². The normalized spacial score (nSPS) is 19.9. The predicted molar refractivity (Wildman–Crippen MR) is 75.9 cm³/mol. The molecule has 7 heteroatoms. The van der Waals surface area contributed by atoms with E-state index in [0.29, 0.717) is 17.3 Å². The number of ether oxygens (including phenoxy) is 1. The molecule has 2 rings (SSSR count). The zero-order valence-corrected chi connectivity index (χ0v) is 12.4. The second kappa shape index (κ2) is 6.81. The Labute approximate surface area is 118 Å². The number of nitrogens with one attached hydrogen (secondary N) is 1. The van der Waals surface area contributed by atoms with E-state index < -0.39 is 10.0 Å². The van der Waals surface area contributed by atoms with Gasteiger partial charge in [0.2, 0.25) is 10.0 Å². The number of sulfonamides is 1. The minimum atomic E-state index is -3.38. The first-order chi connectivity index (χ1) is 9.12. The maximum atomic E-state index is 12.1. The second-order valence-electron chi connectivity index (χ2n) is 4.58. The van der Waals surface area contributed by atoms with Crippen molar-refractivity contribution in [3.63, 3.8) is 0 Å². The van der Waals surface area contributed by atoms with Crippen molar-refractivity contribution in [3.05, 3.63) is 17.0 Å². The highest BCUT2D eigenvalue weighted by molar-refractivity contribution is 7.91. The Balaban J connectivity index is 1.85. The van der Waals surface area contributed by atoms with E-state index in [1.807, 2.05) is 6.07 Å². The van der Waals surface area contributed by atoms with Crippen molar-refractivity contribution in [1.82, 2.24) is 4.72 Å². The zero-order valence-electron chi connectivity index (χ0n) is 10.8. The van der Waals surface area contributed by atoms with Crippen molar-refractivity contribution in [3.8, 4) is 0 Å². The van der Waals surface area contributed by atoms with Gasteiger partial charge in [0.15, 0.2) is 0 Å². The Morgan fingerprint density at radius 1 is 1.47 bits per heavy atom. The van der Waals surface area contributed by atoms with Gasteiger partial charge in [0.25, 0.3) is 0 Å². The Kier molecular flexibility index (Phi) is 5.35. The van der Waals surface area contributed by atoms with Gasteiger partial charge in [-0.2, -0.15) is 0 Å². The van der Waals surface area contributed by atoms with Gasteiger partial charge in [-0.25, -0.2) is 13.1 Å². The van der Waals surface area contributed by atoms with Gasteiger partial charge < -0.3 is 10.5 Å². The van der Waals surface area contributed by atoms with E-state index in [-0.39, 0.29) is 6.10 Å². The monoisotopic (exact) mass is 304 g/mol. The maximum Gasteiger partial charge on any atom is 0.250 e. The number of rotatable bonds is 7. The number of hydrogen-bond donors (Lipinski definition) is 2. The van der Waals surface area contributed by atoms with Gasteiger partial charge in [-0.05, 0) is 44.4 Å². The molecule has 0 aromatic carbocycles. The van der Waals surface area contributed by atoms with Crippen LogP contribution in [0.4, 0.5) is 0 Å². The molecule has 2 heterocycles. The van der Waals surface area contributed by atoms with Gasteiger partial charge >= 0.3 is 0 Å². The fraction of sp³-hybridized carbons (Fsp3) is 0.667. The Bertz CT molecular complexity index is 493. The van der Waals surface area contributed by atoms with Crippen LogP contribution in [0.1, 0.15) is 24.1 Å². The molecule has 0 spiro atoms. The average molecular weight is 304 g/mol. The molecule has 1 fully saturated rings. The molecule has 0 bridgehead atoms. The van der Waals surface area contributed by atoms with Crippen LogP contribution in [0.5, 0.6) is 0 Å². The fourth-order valence-corrected chi connectivity index (χ4v) is 4.54. The molecular weight excluding hydrogens is 284 g/mol. The lowest BCUT2D eigenvalue weighted by Crippen LogP contribution is -2.26. The summed E-state index contributed by atoms with van der Waals surface area (Å²) in [5.74, 6) is 0. The van der Waals surface area contributed by atoms with Crippen LogP contribution in [0, 0.1) is 0 Å². The van der Waals surface area contributed by atoms with E-state index in [9.17, 15) is 8.42 Å². The maximum absolute atomic E-state index is 12.1. The Hall–Kier alpha value is -0.470. The highest BCUT2D eigenvalue weighted by Crippen LogP contribution is 2.22. The molecule has 1 aromatic heterocycles. The summed E-state index contributed by atoms with van der Waals surface area (Å²) < 4.78 is 32.6. The SMILES string of the molecule is NCCc1ccc(S(=O)(=O)NCCC2CCCO2)s1. The smallest absolute Gasteiger partial charge is 0.250 e. The van der Waals surface area contributed by atoms with Gasteiger partial charge in [-0.1, -0.05) is 0 Å². The minimum Gasteiger partial charge on any atom is -0.378 e. The molecule has 5 nitrogen and oxygen atoms in total. The first-order valence-corrected chi connectivity index (χ1v) is 8.82. The third-order valence-electron chi connectivity index (χ3n) is 3.07. The average Bonchev–Trinajstić information content (AvgIpc) is 3.00. The molecule has 0 aliphatic carbocycles. The summed E-state index contributed by atoms with van der Waals surface area (Å²) in [6.45, 7) is 1.76. The minimum absolute atomic E-state index is 0.207. The van der Waals surface area contributed by atoms with Crippen molar-refractivity contribution in [2.75, 3.05) is 19.7 Å². The third-order valence-corrected chi connectivity index (χ3v) is 6.17. The molecule has 0 radical (unpaired) electrons. The van der Waals surface area contributed by atoms with E-state index in [2.05, 4.69) is 4.72 Å². The van der Waals surface area contributed by atoms with Crippen LogP contribution in [0.3, 0.4) is 0 Å². The molecule has 108 valence electrons. The van der Waals surface area contributed by atoms with Gasteiger partial charge in [0, 0.05) is 18.0 Å². The molecule has 1 unspecified atom stereocenters. The third kappa shape index (κ3) is 4.25. The van der Waals surface area contributed by atoms with Gasteiger partial charge in [0.1, 0.15) is 4.21 Å². The van der Waals surface area contributed by atoms with E-state index >= 15 is 0 Å². The van der Waals surface area contributed by atoms with Crippen molar-refractivity contribution < 1.29 is 13.2 Å². The molecule has 1 aromatic rings. The van der Waals surface area contributed by atoms with E-state index in [1.165, 1.54) is 11.3 Å². The lowest BCUT2D eigenvalue weighted by atomic mass is 10.2. The number of nitrogens with two attached hydrogens (primary N) is 1. The molecule has 0 saturated carbocycles. The summed E-state index contributed by atoms with van der Waals surface area (Å²) in [6.07, 6.45) is 3.77. The lowest BCUT2D eigenvalue weighted by Gasteiger charge is -2.09. The molecule has 1 atom stereocenters. The molecule has 1 saturated heterocycles. The summed E-state index contributed by atoms with van der Waals surface area (Å²) in [5, 5.41) is 0. The topological polar surface area (TPSA) is 81.4 Å². The Morgan fingerprint density at radius 3 is 3.00 bits per heavy atom. The number of thiophene rings is 1. The van der Waals surface area contributed by atoms with Crippen LogP contribution in [0.15, 0.2) is 16.3 Å². The second-order valence-corrected chi connectivity index (χ2v) is 7.74. The first kappa shape index (κ1) is 14.9. The highest BCUT2D eigenvalue weighted by atomic mass is 32.2. The van der Waals surface area contributed by atoms with Crippen molar-refractivity contribution in [2.24, 2.45) is 5.73 Å². The molecule has 19 heavy (non-hydrogen) atoms. The molecule has 1 aliphatic heterocycles. The zero-order chi connectivity index (χ0) is 13.7. The molecule has 1 aliphatic rings. The standard InChI is InChI=1S/C12H20N2O3S2/c13-7-5-11-3-4-12(18-11)19(15,16)14-8-6-10-2-1-9-17-10/h3-4,10,14H,1-2,5-9,13H2. The van der Waals surface area contributed by atoms with Crippen LogP contribution in [-0.4, -0.2) is 34.2 Å². The van der Waals surface area contributed by atoms with Crippen LogP contribution in [0.25, 0.3) is 0 Å². The van der Waals surface area contributed by atoms with Crippen molar-refractivity contribution in [2.45, 2.75) is 36.0 Å². The summed E-state index contributed by atoms with van der Waals surface area (Å²) in [6, 6.07) is 3.47. The van der Waals surface area contributed by atoms with E-state index in [1.54, 1.807) is 6.07 Å². The van der Waals surface area contributed by atoms with E-state index in [4.69, 9.17) is 10.5 Å². The summed E-state index contributed by atoms with van der Waals surface area (Å²) >= 11 is 1.29. The molecule has 3 N–H and O–H groups in total. The molecule has 0 amide bonds. The first-order valence-electron chi connectivity index (χ1n) is 6.52. The fourth-order valence-electron chi connectivity index (χ4n) is 2.08. The number of hydrogen-bond acceptors (Lipinski definition) is 5. The highest BCUT2D eigenvalue weighted by Gasteiger charge is 2.19. The summed E-state index contributed by atoms with van der Waals surface area (Å²) in [7, 11) is -3.38. The van der Waals surface area contributed by atoms with Crippen LogP contribution in [-0.2, 0) is 21.2 Å². The largest absolute Gasteiger partial charge is 0.378 e. The quantitative estimate of drug-likeness (QED) is 0.790.